The van der Waals surface area contributed by atoms with Crippen LogP contribution in [0.2, 0.25) is 0 Å². The number of aromatic carboxylic acids is 1. The van der Waals surface area contributed by atoms with E-state index >= 15 is 0 Å². The van der Waals surface area contributed by atoms with Gasteiger partial charge in [0.15, 0.2) is 0 Å². The number of amides is 1. The van der Waals surface area contributed by atoms with Crippen molar-refractivity contribution in [3.8, 4) is 11.3 Å². The Hall–Kier alpha value is -3.11. The number of benzene rings is 2. The molecule has 0 aliphatic rings. The topological polar surface area (TPSA) is 126 Å². The summed E-state index contributed by atoms with van der Waals surface area (Å²) in [7, 11) is -3.84. The number of carboxylic acid groups (broad SMARTS) is 1. The molecule has 1 aromatic heterocycles. The predicted octanol–water partition coefficient (Wildman–Crippen LogP) is 4.17. The molecule has 3 aromatic rings. The van der Waals surface area contributed by atoms with E-state index in [4.69, 9.17) is 9.52 Å². The summed E-state index contributed by atoms with van der Waals surface area (Å²) in [6.45, 7) is 1.36. The second kappa shape index (κ2) is 8.10. The lowest BCUT2D eigenvalue weighted by molar-refractivity contribution is -0.114. The molecule has 2 aromatic carbocycles. The Morgan fingerprint density at radius 2 is 1.66 bits per heavy atom. The van der Waals surface area contributed by atoms with Gasteiger partial charge < -0.3 is 14.8 Å². The molecule has 0 aliphatic heterocycles. The molecule has 29 heavy (non-hydrogen) atoms. The van der Waals surface area contributed by atoms with Gasteiger partial charge in [0.25, 0.3) is 10.0 Å². The van der Waals surface area contributed by atoms with Crippen LogP contribution in [-0.4, -0.2) is 25.4 Å². The molecule has 1 amide bonds. The fourth-order valence-corrected chi connectivity index (χ4v) is 4.13. The van der Waals surface area contributed by atoms with Crippen molar-refractivity contribution in [3.63, 3.8) is 0 Å². The number of hydrogen-bond donors (Lipinski definition) is 3. The number of carboxylic acids is 1. The van der Waals surface area contributed by atoms with Crippen LogP contribution in [0.1, 0.15) is 17.5 Å². The van der Waals surface area contributed by atoms with E-state index in [1.165, 1.54) is 49.4 Å². The molecular weight excluding hydrogens is 464 g/mol. The van der Waals surface area contributed by atoms with Gasteiger partial charge in [0.05, 0.1) is 4.90 Å². The number of nitrogens with one attached hydrogen (secondary N) is 2. The highest BCUT2D eigenvalue weighted by Crippen LogP contribution is 2.32. The van der Waals surface area contributed by atoms with Gasteiger partial charge in [0.2, 0.25) is 11.7 Å². The standard InChI is InChI=1S/C19H15BrN2O6S/c1-11(23)21-12-2-5-14(6-3-12)29(26,27)22-13-4-7-15(16(20)10-13)17-8-9-18(28-17)19(24)25/h2-10,22H,1H3,(H,21,23)(H,24,25). The molecule has 1 heterocycles. The first-order chi connectivity index (χ1) is 13.7. The Bertz CT molecular complexity index is 1190. The third kappa shape index (κ3) is 4.84. The fraction of sp³-hybridized carbons (Fsp3) is 0.0526. The van der Waals surface area contributed by atoms with Crippen molar-refractivity contribution in [3.05, 3.63) is 64.8 Å². The first-order valence-corrected chi connectivity index (χ1v) is 10.5. The van der Waals surface area contributed by atoms with Crippen molar-refractivity contribution in [2.45, 2.75) is 11.8 Å². The molecule has 150 valence electrons. The van der Waals surface area contributed by atoms with Crippen molar-refractivity contribution in [1.29, 1.82) is 0 Å². The van der Waals surface area contributed by atoms with Crippen LogP contribution in [0, 0.1) is 0 Å². The number of sulfonamides is 1. The van der Waals surface area contributed by atoms with Crippen molar-refractivity contribution in [2.24, 2.45) is 0 Å². The van der Waals surface area contributed by atoms with Crippen molar-refractivity contribution < 1.29 is 27.5 Å². The van der Waals surface area contributed by atoms with Gasteiger partial charge in [0, 0.05) is 28.3 Å². The number of anilines is 2. The quantitative estimate of drug-likeness (QED) is 0.488. The minimum atomic E-state index is -3.84. The summed E-state index contributed by atoms with van der Waals surface area (Å²) < 4.78 is 33.4. The molecule has 0 atom stereocenters. The third-order valence-electron chi connectivity index (χ3n) is 3.79. The van der Waals surface area contributed by atoms with Gasteiger partial charge in [-0.1, -0.05) is 0 Å². The van der Waals surface area contributed by atoms with E-state index in [2.05, 4.69) is 26.0 Å². The minimum absolute atomic E-state index is 0.0314. The number of halogens is 1. The summed E-state index contributed by atoms with van der Waals surface area (Å²) in [5.41, 5.74) is 1.36. The minimum Gasteiger partial charge on any atom is -0.475 e. The Morgan fingerprint density at radius 1 is 1.00 bits per heavy atom. The van der Waals surface area contributed by atoms with Crippen LogP contribution in [0.3, 0.4) is 0 Å². The van der Waals surface area contributed by atoms with E-state index in [0.29, 0.717) is 27.2 Å². The molecule has 0 aliphatic carbocycles. The molecule has 10 heteroatoms. The van der Waals surface area contributed by atoms with E-state index in [1.807, 2.05) is 0 Å². The maximum absolute atomic E-state index is 12.6. The molecular formula is C19H15BrN2O6S. The lowest BCUT2D eigenvalue weighted by Crippen LogP contribution is -2.13. The molecule has 0 unspecified atom stereocenters. The van der Waals surface area contributed by atoms with Crippen molar-refractivity contribution in [2.75, 3.05) is 10.0 Å². The summed E-state index contributed by atoms with van der Waals surface area (Å²) in [6, 6.07) is 13.3. The summed E-state index contributed by atoms with van der Waals surface area (Å²) in [4.78, 5) is 22.0. The Labute approximate surface area is 174 Å². The summed E-state index contributed by atoms with van der Waals surface area (Å²) in [5.74, 6) is -1.30. The van der Waals surface area contributed by atoms with Crippen LogP contribution in [0.4, 0.5) is 11.4 Å². The molecule has 3 N–H and O–H groups in total. The third-order valence-corrected chi connectivity index (χ3v) is 5.84. The second-order valence-corrected chi connectivity index (χ2v) is 8.51. The molecule has 0 saturated heterocycles. The first-order valence-electron chi connectivity index (χ1n) is 8.19. The maximum atomic E-state index is 12.6. The maximum Gasteiger partial charge on any atom is 0.371 e. The smallest absolute Gasteiger partial charge is 0.371 e. The monoisotopic (exact) mass is 478 g/mol. The zero-order valence-electron chi connectivity index (χ0n) is 15.0. The lowest BCUT2D eigenvalue weighted by atomic mass is 10.1. The van der Waals surface area contributed by atoms with Gasteiger partial charge in [-0.15, -0.1) is 0 Å². The Kier molecular flexibility index (Phi) is 5.76. The van der Waals surface area contributed by atoms with E-state index in [9.17, 15) is 18.0 Å². The van der Waals surface area contributed by atoms with Gasteiger partial charge in [-0.3, -0.25) is 9.52 Å². The van der Waals surface area contributed by atoms with Crippen LogP contribution in [0.15, 0.2) is 68.4 Å². The van der Waals surface area contributed by atoms with E-state index < -0.39 is 16.0 Å². The summed E-state index contributed by atoms with van der Waals surface area (Å²) in [5, 5.41) is 11.5. The van der Waals surface area contributed by atoms with E-state index in [1.54, 1.807) is 12.1 Å². The molecule has 0 saturated carbocycles. The number of rotatable bonds is 6. The molecule has 0 spiro atoms. The van der Waals surface area contributed by atoms with Crippen LogP contribution in [0.25, 0.3) is 11.3 Å². The zero-order valence-corrected chi connectivity index (χ0v) is 17.4. The van der Waals surface area contributed by atoms with E-state index in [-0.39, 0.29) is 16.6 Å². The molecule has 0 radical (unpaired) electrons. The largest absolute Gasteiger partial charge is 0.475 e. The van der Waals surface area contributed by atoms with Crippen molar-refractivity contribution in [1.82, 2.24) is 0 Å². The van der Waals surface area contributed by atoms with Gasteiger partial charge in [-0.25, -0.2) is 13.2 Å². The zero-order chi connectivity index (χ0) is 21.2. The van der Waals surface area contributed by atoms with Gasteiger partial charge >= 0.3 is 5.97 Å². The molecule has 8 nitrogen and oxygen atoms in total. The van der Waals surface area contributed by atoms with Crippen LogP contribution in [-0.2, 0) is 14.8 Å². The van der Waals surface area contributed by atoms with Gasteiger partial charge in [0.1, 0.15) is 5.76 Å². The highest BCUT2D eigenvalue weighted by molar-refractivity contribution is 9.10. The Balaban J connectivity index is 1.81. The average molecular weight is 479 g/mol. The SMILES string of the molecule is CC(=O)Nc1ccc(S(=O)(=O)Nc2ccc(-c3ccc(C(=O)O)o3)c(Br)c2)cc1. The predicted molar refractivity (Wildman–Crippen MR) is 110 cm³/mol. The molecule has 3 rings (SSSR count). The molecule has 0 bridgehead atoms. The van der Waals surface area contributed by atoms with Crippen LogP contribution in [0.5, 0.6) is 0 Å². The average Bonchev–Trinajstić information content (AvgIpc) is 3.11. The second-order valence-electron chi connectivity index (χ2n) is 5.97. The number of carbonyl (C=O) groups is 2. The van der Waals surface area contributed by atoms with Gasteiger partial charge in [-0.05, 0) is 70.5 Å². The molecule has 0 fully saturated rings. The number of carbonyl (C=O) groups excluding carboxylic acids is 1. The highest BCUT2D eigenvalue weighted by atomic mass is 79.9. The fourth-order valence-electron chi connectivity index (χ4n) is 2.51. The normalized spacial score (nSPS) is 11.1. The van der Waals surface area contributed by atoms with Crippen molar-refractivity contribution >= 4 is 49.2 Å². The Morgan fingerprint density at radius 3 is 2.21 bits per heavy atom. The van der Waals surface area contributed by atoms with Gasteiger partial charge in [-0.2, -0.15) is 0 Å². The lowest BCUT2D eigenvalue weighted by Gasteiger charge is -2.10. The van der Waals surface area contributed by atoms with Crippen LogP contribution < -0.4 is 10.0 Å². The number of furan rings is 1. The first kappa shape index (κ1) is 20.6. The highest BCUT2D eigenvalue weighted by Gasteiger charge is 2.17. The number of hydrogen-bond acceptors (Lipinski definition) is 5. The van der Waals surface area contributed by atoms with E-state index in [0.717, 1.165) is 0 Å². The summed E-state index contributed by atoms with van der Waals surface area (Å²) >= 11 is 3.34. The van der Waals surface area contributed by atoms with Crippen LogP contribution >= 0.6 is 15.9 Å². The summed E-state index contributed by atoms with van der Waals surface area (Å²) in [6.07, 6.45) is 0.